The number of thiazole rings is 1. The molecule has 0 aliphatic carbocycles. The molecule has 0 N–H and O–H groups in total. The highest BCUT2D eigenvalue weighted by Crippen LogP contribution is 2.27. The number of nitrogens with zero attached hydrogens (tertiary/aromatic N) is 3. The summed E-state index contributed by atoms with van der Waals surface area (Å²) in [5, 5.41) is 1.74. The maximum atomic E-state index is 13.0. The minimum atomic E-state index is -3.57. The zero-order valence-electron chi connectivity index (χ0n) is 16.4. The van der Waals surface area contributed by atoms with E-state index in [2.05, 4.69) is 10.9 Å². The first kappa shape index (κ1) is 21.0. The smallest absolute Gasteiger partial charge is 0.252 e. The lowest BCUT2D eigenvalue weighted by atomic mass is 9.99. The molecule has 3 heterocycles. The van der Waals surface area contributed by atoms with Crippen molar-refractivity contribution in [2.45, 2.75) is 30.5 Å². The van der Waals surface area contributed by atoms with Gasteiger partial charge in [-0.05, 0) is 48.9 Å². The van der Waals surface area contributed by atoms with Crippen molar-refractivity contribution in [3.05, 3.63) is 46.1 Å². The van der Waals surface area contributed by atoms with Crippen molar-refractivity contribution in [2.75, 3.05) is 13.1 Å². The number of amides is 1. The van der Waals surface area contributed by atoms with Crippen molar-refractivity contribution in [1.29, 1.82) is 0 Å². The molecule has 1 fully saturated rings. The third-order valence-electron chi connectivity index (χ3n) is 5.12. The van der Waals surface area contributed by atoms with Crippen LogP contribution in [-0.4, -0.2) is 36.3 Å². The van der Waals surface area contributed by atoms with Crippen LogP contribution in [0.15, 0.2) is 44.9 Å². The minimum Gasteiger partial charge on any atom is -0.305 e. The summed E-state index contributed by atoms with van der Waals surface area (Å²) in [4.78, 5) is 17.9. The number of piperidine rings is 1. The molecular formula is C21H21N3O3S3. The van der Waals surface area contributed by atoms with Crippen LogP contribution in [0.4, 0.5) is 0 Å². The lowest BCUT2D eigenvalue weighted by Gasteiger charge is -2.29. The van der Waals surface area contributed by atoms with Crippen LogP contribution in [0.1, 0.15) is 18.4 Å². The fourth-order valence-corrected chi connectivity index (χ4v) is 7.40. The van der Waals surface area contributed by atoms with E-state index in [1.807, 2.05) is 29.7 Å². The topological polar surface area (TPSA) is 71.7 Å². The van der Waals surface area contributed by atoms with Gasteiger partial charge in [-0.2, -0.15) is 9.30 Å². The Morgan fingerprint density at radius 3 is 2.93 bits per heavy atom. The van der Waals surface area contributed by atoms with Gasteiger partial charge in [0.05, 0.1) is 22.7 Å². The summed E-state index contributed by atoms with van der Waals surface area (Å²) >= 11 is 2.61. The van der Waals surface area contributed by atoms with Crippen molar-refractivity contribution >= 4 is 48.8 Å². The molecule has 0 spiro atoms. The maximum Gasteiger partial charge on any atom is 0.252 e. The maximum absolute atomic E-state index is 13.0. The highest BCUT2D eigenvalue weighted by atomic mass is 32.2. The molecule has 4 rings (SSSR count). The van der Waals surface area contributed by atoms with Gasteiger partial charge in [0.15, 0.2) is 4.80 Å². The summed E-state index contributed by atoms with van der Waals surface area (Å²) in [6.07, 6.45) is 6.78. The standard InChI is InChI=1S/C21H21N3O3S3/c1-3-10-24-17-9-8-15(2)13-18(17)29-21(24)22-20(25)16-6-4-11-23(14-16)30(26,27)19-7-5-12-28-19/h1,5,7-9,12-13,16H,4,6,10-11,14H2,2H3. The van der Waals surface area contributed by atoms with Gasteiger partial charge in [0, 0.05) is 13.1 Å². The van der Waals surface area contributed by atoms with Gasteiger partial charge < -0.3 is 4.57 Å². The number of sulfonamides is 1. The monoisotopic (exact) mass is 459 g/mol. The first-order valence-electron chi connectivity index (χ1n) is 9.56. The summed E-state index contributed by atoms with van der Waals surface area (Å²) in [7, 11) is -3.57. The number of carbonyl (C=O) groups is 1. The highest BCUT2D eigenvalue weighted by molar-refractivity contribution is 7.91. The number of rotatable bonds is 4. The SMILES string of the molecule is C#CCn1c(=NC(=O)C2CCCN(S(=O)(=O)c3cccs3)C2)sc2cc(C)ccc21. The summed E-state index contributed by atoms with van der Waals surface area (Å²) in [6, 6.07) is 9.34. The molecular weight excluding hydrogens is 438 g/mol. The van der Waals surface area contributed by atoms with Crippen molar-refractivity contribution in [1.82, 2.24) is 8.87 Å². The average molecular weight is 460 g/mol. The Balaban J connectivity index is 1.64. The first-order valence-corrected chi connectivity index (χ1v) is 12.7. The van der Waals surface area contributed by atoms with Crippen LogP contribution in [0.2, 0.25) is 0 Å². The van der Waals surface area contributed by atoms with E-state index < -0.39 is 15.9 Å². The third kappa shape index (κ3) is 4.01. The molecule has 9 heteroatoms. The second-order valence-electron chi connectivity index (χ2n) is 7.23. The summed E-state index contributed by atoms with van der Waals surface area (Å²) in [5.41, 5.74) is 2.07. The minimum absolute atomic E-state index is 0.154. The highest BCUT2D eigenvalue weighted by Gasteiger charge is 2.33. The molecule has 2 aromatic heterocycles. The van der Waals surface area contributed by atoms with Crippen LogP contribution in [0.25, 0.3) is 10.2 Å². The Labute approximate surface area is 183 Å². The molecule has 1 atom stereocenters. The Kier molecular flexibility index (Phi) is 5.93. The predicted molar refractivity (Wildman–Crippen MR) is 120 cm³/mol. The van der Waals surface area contributed by atoms with E-state index in [0.29, 0.717) is 34.9 Å². The fourth-order valence-electron chi connectivity index (χ4n) is 3.60. The van der Waals surface area contributed by atoms with Crippen molar-refractivity contribution in [3.8, 4) is 12.3 Å². The van der Waals surface area contributed by atoms with Crippen molar-refractivity contribution in [3.63, 3.8) is 0 Å². The van der Waals surface area contributed by atoms with E-state index in [9.17, 15) is 13.2 Å². The first-order chi connectivity index (χ1) is 14.4. The van der Waals surface area contributed by atoms with E-state index in [1.54, 1.807) is 17.5 Å². The van der Waals surface area contributed by atoms with Crippen LogP contribution in [0.3, 0.4) is 0 Å². The molecule has 3 aromatic rings. The van der Waals surface area contributed by atoms with Gasteiger partial charge in [0.25, 0.3) is 15.9 Å². The number of aromatic nitrogens is 1. The van der Waals surface area contributed by atoms with Gasteiger partial charge in [0.1, 0.15) is 4.21 Å². The van der Waals surface area contributed by atoms with Crippen molar-refractivity contribution in [2.24, 2.45) is 10.9 Å². The van der Waals surface area contributed by atoms with E-state index in [1.165, 1.54) is 27.0 Å². The fraction of sp³-hybridized carbons (Fsp3) is 0.333. The lowest BCUT2D eigenvalue weighted by Crippen LogP contribution is -2.42. The molecule has 0 bridgehead atoms. The molecule has 1 saturated heterocycles. The second-order valence-corrected chi connectivity index (χ2v) is 11.4. The molecule has 1 aromatic carbocycles. The van der Waals surface area contributed by atoms with Gasteiger partial charge in [-0.3, -0.25) is 4.79 Å². The lowest BCUT2D eigenvalue weighted by molar-refractivity contribution is -0.122. The van der Waals surface area contributed by atoms with E-state index in [-0.39, 0.29) is 12.5 Å². The molecule has 1 aliphatic rings. The van der Waals surface area contributed by atoms with Crippen molar-refractivity contribution < 1.29 is 13.2 Å². The zero-order chi connectivity index (χ0) is 21.3. The number of hydrogen-bond donors (Lipinski definition) is 0. The van der Waals surface area contributed by atoms with Gasteiger partial charge in [-0.15, -0.1) is 17.8 Å². The van der Waals surface area contributed by atoms with Gasteiger partial charge in [-0.1, -0.05) is 29.4 Å². The predicted octanol–water partition coefficient (Wildman–Crippen LogP) is 3.23. The summed E-state index contributed by atoms with van der Waals surface area (Å²) in [6.45, 7) is 2.90. The quantitative estimate of drug-likeness (QED) is 0.563. The Morgan fingerprint density at radius 2 is 2.20 bits per heavy atom. The average Bonchev–Trinajstić information content (AvgIpc) is 3.37. The normalized spacial score (nSPS) is 18.5. The van der Waals surface area contributed by atoms with Crippen LogP contribution < -0.4 is 4.80 Å². The van der Waals surface area contributed by atoms with Crippen LogP contribution in [-0.2, 0) is 21.4 Å². The van der Waals surface area contributed by atoms with Crippen LogP contribution in [0, 0.1) is 25.2 Å². The number of carbonyl (C=O) groups excluding carboxylic acids is 1. The number of terminal acetylenes is 1. The summed E-state index contributed by atoms with van der Waals surface area (Å²) in [5.74, 6) is 1.87. The van der Waals surface area contributed by atoms with E-state index >= 15 is 0 Å². The van der Waals surface area contributed by atoms with Gasteiger partial charge in [-0.25, -0.2) is 8.42 Å². The molecule has 0 saturated carbocycles. The molecule has 156 valence electrons. The number of thiophene rings is 1. The van der Waals surface area contributed by atoms with Gasteiger partial charge >= 0.3 is 0 Å². The Hall–Kier alpha value is -2.25. The number of hydrogen-bond acceptors (Lipinski definition) is 5. The van der Waals surface area contributed by atoms with Crippen LogP contribution in [0.5, 0.6) is 0 Å². The zero-order valence-corrected chi connectivity index (χ0v) is 18.9. The summed E-state index contributed by atoms with van der Waals surface area (Å²) < 4.78 is 30.3. The molecule has 30 heavy (non-hydrogen) atoms. The molecule has 6 nitrogen and oxygen atoms in total. The Bertz CT molecular complexity index is 1290. The molecule has 1 aliphatic heterocycles. The number of benzene rings is 1. The third-order valence-corrected chi connectivity index (χ3v) is 9.40. The second kappa shape index (κ2) is 8.47. The van der Waals surface area contributed by atoms with E-state index in [4.69, 9.17) is 6.42 Å². The number of aryl methyl sites for hydroxylation is 1. The van der Waals surface area contributed by atoms with E-state index in [0.717, 1.165) is 15.8 Å². The Morgan fingerprint density at radius 1 is 1.37 bits per heavy atom. The van der Waals surface area contributed by atoms with Gasteiger partial charge in [0.2, 0.25) is 0 Å². The molecule has 1 unspecified atom stereocenters. The molecule has 1 amide bonds. The molecule has 0 radical (unpaired) electrons. The van der Waals surface area contributed by atoms with Crippen LogP contribution >= 0.6 is 22.7 Å². The largest absolute Gasteiger partial charge is 0.305 e. The number of fused-ring (bicyclic) bond motifs is 1.